The van der Waals surface area contributed by atoms with Crippen molar-refractivity contribution >= 4 is 58.3 Å². The number of hydrogen-bond acceptors (Lipinski definition) is 7. The van der Waals surface area contributed by atoms with Crippen molar-refractivity contribution in [2.24, 2.45) is 23.7 Å². The van der Waals surface area contributed by atoms with Crippen LogP contribution in [0.5, 0.6) is 11.5 Å². The number of halogens is 2. The van der Waals surface area contributed by atoms with Crippen molar-refractivity contribution in [3.05, 3.63) is 48.0 Å². The normalized spacial score (nSPS) is 27.7. The first kappa shape index (κ1) is 25.4. The van der Waals surface area contributed by atoms with Crippen molar-refractivity contribution in [2.45, 2.75) is 17.2 Å². The van der Waals surface area contributed by atoms with Crippen LogP contribution >= 0.6 is 23.2 Å². The lowest BCUT2D eigenvalue weighted by molar-refractivity contribution is -0.123. The van der Waals surface area contributed by atoms with Gasteiger partial charge in [-0.05, 0) is 48.6 Å². The Morgan fingerprint density at radius 3 is 2.27 bits per heavy atom. The molecule has 3 amide bonds. The summed E-state index contributed by atoms with van der Waals surface area (Å²) in [5.41, 5.74) is 0.713. The van der Waals surface area contributed by atoms with Gasteiger partial charge in [0.05, 0.1) is 53.7 Å². The minimum absolute atomic E-state index is 0.0929. The average molecular weight is 547 g/mol. The molecule has 37 heavy (non-hydrogen) atoms. The van der Waals surface area contributed by atoms with E-state index in [-0.39, 0.29) is 45.7 Å². The highest BCUT2D eigenvalue weighted by atomic mass is 35.5. The molecule has 0 spiro atoms. The Hall–Kier alpha value is -3.30. The van der Waals surface area contributed by atoms with Crippen LogP contribution in [-0.2, 0) is 19.1 Å². The maximum atomic E-state index is 13.2. The zero-order valence-corrected chi connectivity index (χ0v) is 21.5. The van der Waals surface area contributed by atoms with Gasteiger partial charge in [0, 0.05) is 6.07 Å². The molecular weight excluding hydrogens is 523 g/mol. The van der Waals surface area contributed by atoms with E-state index in [0.717, 1.165) is 4.90 Å². The monoisotopic (exact) mass is 546 g/mol. The molecule has 1 heterocycles. The second-order valence-corrected chi connectivity index (χ2v) is 10.3. The molecule has 2 saturated carbocycles. The summed E-state index contributed by atoms with van der Waals surface area (Å²) in [4.78, 5) is 52.6. The first-order chi connectivity index (χ1) is 17.7. The Labute approximate surface area is 222 Å². The minimum atomic E-state index is -0.782. The van der Waals surface area contributed by atoms with Gasteiger partial charge in [-0.1, -0.05) is 6.07 Å². The van der Waals surface area contributed by atoms with Gasteiger partial charge in [-0.25, -0.2) is 4.79 Å². The van der Waals surface area contributed by atoms with Crippen molar-refractivity contribution in [3.8, 4) is 11.5 Å². The number of nitrogens with one attached hydrogen (secondary N) is 1. The average Bonchev–Trinajstić information content (AvgIpc) is 3.51. The maximum absolute atomic E-state index is 13.2. The molecule has 1 saturated heterocycles. The Bertz CT molecular complexity index is 1250. The fourth-order valence-electron chi connectivity index (χ4n) is 5.69. The van der Waals surface area contributed by atoms with Gasteiger partial charge in [0.15, 0.2) is 6.61 Å². The molecule has 6 atom stereocenters. The highest BCUT2D eigenvalue weighted by Crippen LogP contribution is 2.59. The summed E-state index contributed by atoms with van der Waals surface area (Å²) in [6.45, 7) is -0.563. The van der Waals surface area contributed by atoms with E-state index in [4.69, 9.17) is 37.4 Å². The SMILES string of the molecule is COc1ccc(OC)c(NC(=O)COC(=O)c2cccc(N3C(=O)[C@@H]4[C@H]5C[C@@H]([C@@H](Cl)[C@H]5Cl)[C@H]4C3=O)c2)c1. The van der Waals surface area contributed by atoms with E-state index in [1.165, 1.54) is 26.4 Å². The topological polar surface area (TPSA) is 111 Å². The van der Waals surface area contributed by atoms with Gasteiger partial charge >= 0.3 is 5.97 Å². The third-order valence-electron chi connectivity index (χ3n) is 7.34. The number of fused-ring (bicyclic) bond motifs is 5. The Kier molecular flexibility index (Phi) is 6.76. The largest absolute Gasteiger partial charge is 0.497 e. The summed E-state index contributed by atoms with van der Waals surface area (Å²) in [5.74, 6) is -2.38. The van der Waals surface area contributed by atoms with Gasteiger partial charge in [0.25, 0.3) is 5.91 Å². The van der Waals surface area contributed by atoms with Crippen molar-refractivity contribution in [3.63, 3.8) is 0 Å². The number of carbonyl (C=O) groups is 4. The van der Waals surface area contributed by atoms with Crippen LogP contribution in [0.25, 0.3) is 0 Å². The van der Waals surface area contributed by atoms with Crippen LogP contribution in [0.2, 0.25) is 0 Å². The minimum Gasteiger partial charge on any atom is -0.497 e. The number of amides is 3. The van der Waals surface area contributed by atoms with Crippen molar-refractivity contribution in [1.82, 2.24) is 0 Å². The summed E-state index contributed by atoms with van der Waals surface area (Å²) >= 11 is 12.8. The summed E-state index contributed by atoms with van der Waals surface area (Å²) in [6, 6.07) is 10.9. The van der Waals surface area contributed by atoms with Crippen LogP contribution in [0.3, 0.4) is 0 Å². The number of esters is 1. The highest BCUT2D eigenvalue weighted by molar-refractivity contribution is 6.32. The predicted molar refractivity (Wildman–Crippen MR) is 135 cm³/mol. The molecule has 11 heteroatoms. The molecule has 1 aliphatic heterocycles. The number of carbonyl (C=O) groups excluding carboxylic acids is 4. The Morgan fingerprint density at radius 2 is 1.65 bits per heavy atom. The van der Waals surface area contributed by atoms with Crippen LogP contribution in [-0.4, -0.2) is 55.3 Å². The molecule has 194 valence electrons. The Morgan fingerprint density at radius 1 is 0.973 bits per heavy atom. The molecule has 9 nitrogen and oxygen atoms in total. The van der Waals surface area contributed by atoms with Gasteiger partial charge in [-0.15, -0.1) is 23.2 Å². The molecular formula is C26H24Cl2N2O7. The van der Waals surface area contributed by atoms with Gasteiger partial charge < -0.3 is 19.5 Å². The quantitative estimate of drug-likeness (QED) is 0.321. The molecule has 2 aromatic carbocycles. The maximum Gasteiger partial charge on any atom is 0.338 e. The van der Waals surface area contributed by atoms with E-state index in [1.807, 2.05) is 0 Å². The third kappa shape index (κ3) is 4.30. The van der Waals surface area contributed by atoms with E-state index in [1.54, 1.807) is 30.3 Å². The summed E-state index contributed by atoms with van der Waals surface area (Å²) < 4.78 is 15.5. The third-order valence-corrected chi connectivity index (χ3v) is 8.66. The van der Waals surface area contributed by atoms with Crippen LogP contribution in [0.1, 0.15) is 16.8 Å². The summed E-state index contributed by atoms with van der Waals surface area (Å²) in [6.07, 6.45) is 0.666. The number of rotatable bonds is 7. The first-order valence-electron chi connectivity index (χ1n) is 11.7. The molecule has 5 rings (SSSR count). The second-order valence-electron chi connectivity index (χ2n) is 9.26. The van der Waals surface area contributed by atoms with Gasteiger partial charge in [0.2, 0.25) is 11.8 Å². The van der Waals surface area contributed by atoms with Crippen LogP contribution < -0.4 is 19.7 Å². The lowest BCUT2D eigenvalue weighted by atomic mass is 9.80. The number of hydrogen-bond donors (Lipinski definition) is 1. The zero-order chi connectivity index (χ0) is 26.4. The standard InChI is InChI=1S/C26H24Cl2N2O7/c1-35-14-6-7-18(36-2)17(9-14)29-19(31)11-37-26(34)12-4-3-5-13(8-12)30-24(32)20-15-10-16(21(20)25(30)33)23(28)22(15)27/h3-9,15-16,20-23H,10-11H2,1-2H3,(H,29,31)/t15-,16-,20-,21-,22-,23+/m1/s1. The number of nitrogens with zero attached hydrogens (tertiary/aromatic N) is 1. The predicted octanol–water partition coefficient (Wildman–Crippen LogP) is 3.47. The fraction of sp³-hybridized carbons (Fsp3) is 0.385. The van der Waals surface area contributed by atoms with Crippen LogP contribution in [0, 0.1) is 23.7 Å². The summed E-state index contributed by atoms with van der Waals surface area (Å²) in [7, 11) is 2.95. The number of imide groups is 1. The smallest absolute Gasteiger partial charge is 0.338 e. The van der Waals surface area contributed by atoms with Gasteiger partial charge in [-0.3, -0.25) is 19.3 Å². The zero-order valence-electron chi connectivity index (χ0n) is 20.0. The van der Waals surface area contributed by atoms with Crippen LogP contribution in [0.4, 0.5) is 11.4 Å². The number of alkyl halides is 2. The number of ether oxygens (including phenoxy) is 3. The van der Waals surface area contributed by atoms with E-state index in [2.05, 4.69) is 5.32 Å². The molecule has 0 aromatic heterocycles. The lowest BCUT2D eigenvalue weighted by Gasteiger charge is -2.28. The number of methoxy groups -OCH3 is 2. The van der Waals surface area contributed by atoms with Crippen molar-refractivity contribution in [2.75, 3.05) is 31.0 Å². The molecule has 3 fully saturated rings. The fourth-order valence-corrected chi connectivity index (χ4v) is 6.58. The van der Waals surface area contributed by atoms with Gasteiger partial charge in [-0.2, -0.15) is 0 Å². The van der Waals surface area contributed by atoms with Crippen molar-refractivity contribution < 1.29 is 33.4 Å². The van der Waals surface area contributed by atoms with E-state index in [0.29, 0.717) is 23.6 Å². The molecule has 3 aliphatic rings. The molecule has 0 unspecified atom stereocenters. The lowest BCUT2D eigenvalue weighted by Crippen LogP contribution is -2.37. The molecule has 2 bridgehead atoms. The molecule has 0 radical (unpaired) electrons. The number of anilines is 2. The van der Waals surface area contributed by atoms with Crippen molar-refractivity contribution in [1.29, 1.82) is 0 Å². The number of benzene rings is 2. The van der Waals surface area contributed by atoms with E-state index in [9.17, 15) is 19.2 Å². The first-order valence-corrected chi connectivity index (χ1v) is 12.6. The molecule has 2 aromatic rings. The second kappa shape index (κ2) is 9.87. The molecule has 2 aliphatic carbocycles. The van der Waals surface area contributed by atoms with E-state index < -0.39 is 30.3 Å². The van der Waals surface area contributed by atoms with E-state index >= 15 is 0 Å². The Balaban J connectivity index is 1.26. The summed E-state index contributed by atoms with van der Waals surface area (Å²) in [5, 5.41) is 1.91. The highest BCUT2D eigenvalue weighted by Gasteiger charge is 2.66. The van der Waals surface area contributed by atoms with Gasteiger partial charge in [0.1, 0.15) is 11.5 Å². The molecule has 1 N–H and O–H groups in total. The van der Waals surface area contributed by atoms with Crippen LogP contribution in [0.15, 0.2) is 42.5 Å².